The molecule has 2 aromatic rings. The molecule has 1 aromatic heterocycles. The van der Waals surface area contributed by atoms with Crippen LogP contribution in [0, 0.1) is 0 Å². The monoisotopic (exact) mass is 412 g/mol. The molecule has 158 valence electrons. The van der Waals surface area contributed by atoms with E-state index in [9.17, 15) is 0 Å². The van der Waals surface area contributed by atoms with Gasteiger partial charge in [0.1, 0.15) is 0 Å². The third-order valence-electron chi connectivity index (χ3n) is 5.56. The minimum Gasteiger partial charge on any atom is -0.370 e. The first-order valence-corrected chi connectivity index (χ1v) is 12.1. The summed E-state index contributed by atoms with van der Waals surface area (Å²) in [6, 6.07) is 11.0. The highest BCUT2D eigenvalue weighted by Gasteiger charge is 2.18. The number of nitrogens with one attached hydrogen (secondary N) is 2. The average Bonchev–Trinajstić information content (AvgIpc) is 2.80. The maximum Gasteiger partial charge on any atom is 0.0435 e. The molecule has 29 heavy (non-hydrogen) atoms. The van der Waals surface area contributed by atoms with E-state index in [0.29, 0.717) is 0 Å². The Morgan fingerprint density at radius 2 is 1.72 bits per heavy atom. The largest absolute Gasteiger partial charge is 0.370 e. The Hall–Kier alpha value is -1.56. The lowest BCUT2D eigenvalue weighted by atomic mass is 9.96. The second-order valence-electron chi connectivity index (χ2n) is 7.76. The molecular weight excluding hydrogens is 376 g/mol. The van der Waals surface area contributed by atoms with Gasteiger partial charge in [-0.2, -0.15) is 11.8 Å². The fourth-order valence-electron chi connectivity index (χ4n) is 4.14. The number of hydrogen-bond acceptors (Lipinski definition) is 5. The third kappa shape index (κ3) is 6.46. The SMILES string of the molecule is CNC.c1cc2c(c(N3CCSCC3)c1)CCNC2.c1cnc2c(c1)CCCC2. The Morgan fingerprint density at radius 1 is 0.966 bits per heavy atom. The van der Waals surface area contributed by atoms with E-state index in [1.54, 1.807) is 5.56 Å². The summed E-state index contributed by atoms with van der Waals surface area (Å²) in [4.78, 5) is 6.89. The van der Waals surface area contributed by atoms with Crippen molar-refractivity contribution in [3.8, 4) is 0 Å². The summed E-state index contributed by atoms with van der Waals surface area (Å²) in [7, 11) is 3.75. The van der Waals surface area contributed by atoms with Crippen LogP contribution in [0.25, 0.3) is 0 Å². The molecule has 1 aliphatic carbocycles. The van der Waals surface area contributed by atoms with Gasteiger partial charge < -0.3 is 15.5 Å². The van der Waals surface area contributed by atoms with E-state index >= 15 is 0 Å². The second-order valence-corrected chi connectivity index (χ2v) is 8.98. The van der Waals surface area contributed by atoms with Gasteiger partial charge in [0.2, 0.25) is 0 Å². The third-order valence-corrected chi connectivity index (χ3v) is 6.50. The average molecular weight is 413 g/mol. The lowest BCUT2D eigenvalue weighted by Gasteiger charge is -2.32. The zero-order chi connectivity index (χ0) is 20.3. The highest BCUT2D eigenvalue weighted by atomic mass is 32.2. The topological polar surface area (TPSA) is 40.2 Å². The van der Waals surface area contributed by atoms with Crippen LogP contribution in [-0.4, -0.2) is 50.2 Å². The van der Waals surface area contributed by atoms with Crippen LogP contribution < -0.4 is 15.5 Å². The Balaban J connectivity index is 0.000000158. The normalized spacial score (nSPS) is 17.7. The van der Waals surface area contributed by atoms with Crippen molar-refractivity contribution in [3.05, 3.63) is 58.9 Å². The molecule has 5 rings (SSSR count). The molecule has 0 saturated carbocycles. The quantitative estimate of drug-likeness (QED) is 0.748. The molecule has 0 unspecified atom stereocenters. The number of aryl methyl sites for hydroxylation is 2. The second kappa shape index (κ2) is 12.2. The van der Waals surface area contributed by atoms with Crippen LogP contribution in [0.2, 0.25) is 0 Å². The van der Waals surface area contributed by atoms with Gasteiger partial charge in [-0.1, -0.05) is 18.2 Å². The number of rotatable bonds is 1. The minimum absolute atomic E-state index is 1.05. The molecule has 3 heterocycles. The first-order valence-electron chi connectivity index (χ1n) is 11.0. The summed E-state index contributed by atoms with van der Waals surface area (Å²) in [6.07, 6.45) is 8.18. The Bertz CT molecular complexity index is 718. The smallest absolute Gasteiger partial charge is 0.0435 e. The fraction of sp³-hybridized carbons (Fsp3) is 0.542. The molecule has 2 aliphatic heterocycles. The van der Waals surface area contributed by atoms with Gasteiger partial charge in [-0.15, -0.1) is 0 Å². The van der Waals surface area contributed by atoms with Crippen LogP contribution in [0.15, 0.2) is 36.5 Å². The summed E-state index contributed by atoms with van der Waals surface area (Å²) < 4.78 is 0. The molecule has 5 heteroatoms. The number of thioether (sulfide) groups is 1. The molecular formula is C24H36N4S. The van der Waals surface area contributed by atoms with Crippen molar-refractivity contribution in [1.82, 2.24) is 15.6 Å². The van der Waals surface area contributed by atoms with Crippen molar-refractivity contribution in [2.75, 3.05) is 50.1 Å². The van der Waals surface area contributed by atoms with Gasteiger partial charge in [-0.25, -0.2) is 0 Å². The first-order chi connectivity index (χ1) is 14.3. The molecule has 1 fully saturated rings. The van der Waals surface area contributed by atoms with E-state index < -0.39 is 0 Å². The van der Waals surface area contributed by atoms with Crippen LogP contribution in [0.3, 0.4) is 0 Å². The first kappa shape index (κ1) is 22.1. The summed E-state index contributed by atoms with van der Waals surface area (Å²) in [6.45, 7) is 4.61. The van der Waals surface area contributed by atoms with Crippen LogP contribution in [-0.2, 0) is 25.8 Å². The summed E-state index contributed by atoms with van der Waals surface area (Å²) >= 11 is 2.08. The van der Waals surface area contributed by atoms with Gasteiger partial charge in [0, 0.05) is 48.7 Å². The van der Waals surface area contributed by atoms with E-state index in [1.165, 1.54) is 79.2 Å². The van der Waals surface area contributed by atoms with Gasteiger partial charge in [0.25, 0.3) is 0 Å². The summed E-state index contributed by atoms with van der Waals surface area (Å²) in [5.74, 6) is 2.56. The lowest BCUT2D eigenvalue weighted by Crippen LogP contribution is -2.34. The maximum absolute atomic E-state index is 4.32. The Morgan fingerprint density at radius 3 is 2.52 bits per heavy atom. The predicted molar refractivity (Wildman–Crippen MR) is 127 cm³/mol. The molecule has 0 radical (unpaired) electrons. The number of benzene rings is 1. The van der Waals surface area contributed by atoms with E-state index in [0.717, 1.165) is 13.1 Å². The van der Waals surface area contributed by atoms with Crippen LogP contribution in [0.5, 0.6) is 0 Å². The maximum atomic E-state index is 4.32. The molecule has 1 aromatic carbocycles. The number of fused-ring (bicyclic) bond motifs is 2. The number of anilines is 1. The molecule has 0 atom stereocenters. The van der Waals surface area contributed by atoms with Crippen molar-refractivity contribution in [2.24, 2.45) is 0 Å². The van der Waals surface area contributed by atoms with E-state index in [2.05, 4.69) is 56.5 Å². The highest BCUT2D eigenvalue weighted by molar-refractivity contribution is 7.99. The van der Waals surface area contributed by atoms with Crippen molar-refractivity contribution in [2.45, 2.75) is 38.6 Å². The number of aromatic nitrogens is 1. The highest BCUT2D eigenvalue weighted by Crippen LogP contribution is 2.28. The van der Waals surface area contributed by atoms with Crippen LogP contribution >= 0.6 is 11.8 Å². The molecule has 1 saturated heterocycles. The standard InChI is InChI=1S/C13H18N2S.C9H11N.C2H7N/c1-2-11-10-14-5-4-12(11)13(3-1)15-6-8-16-9-7-15;1-2-6-9-8(4-1)5-3-7-10-9;1-3-2/h1-3,14H,4-10H2;3,5,7H,1-2,4,6H2;3H,1-2H3. The van der Waals surface area contributed by atoms with Crippen molar-refractivity contribution in [3.63, 3.8) is 0 Å². The van der Waals surface area contributed by atoms with E-state index in [1.807, 2.05) is 26.4 Å². The van der Waals surface area contributed by atoms with Crippen molar-refractivity contribution >= 4 is 17.4 Å². The zero-order valence-electron chi connectivity index (χ0n) is 18.0. The molecule has 4 nitrogen and oxygen atoms in total. The van der Waals surface area contributed by atoms with Crippen LogP contribution in [0.4, 0.5) is 5.69 Å². The van der Waals surface area contributed by atoms with Gasteiger partial charge in [-0.05, 0) is 81.6 Å². The number of pyridine rings is 1. The van der Waals surface area contributed by atoms with Gasteiger partial charge in [-0.3, -0.25) is 4.98 Å². The van der Waals surface area contributed by atoms with Crippen molar-refractivity contribution in [1.29, 1.82) is 0 Å². The van der Waals surface area contributed by atoms with Gasteiger partial charge in [0.15, 0.2) is 0 Å². The van der Waals surface area contributed by atoms with E-state index in [-0.39, 0.29) is 0 Å². The lowest BCUT2D eigenvalue weighted by molar-refractivity contribution is 0.641. The molecule has 0 amide bonds. The number of hydrogen-bond donors (Lipinski definition) is 2. The summed E-state index contributed by atoms with van der Waals surface area (Å²) in [5, 5.41) is 6.20. The molecule has 3 aliphatic rings. The van der Waals surface area contributed by atoms with E-state index in [4.69, 9.17) is 0 Å². The molecule has 2 N–H and O–H groups in total. The van der Waals surface area contributed by atoms with Gasteiger partial charge >= 0.3 is 0 Å². The molecule has 0 spiro atoms. The number of nitrogens with zero attached hydrogens (tertiary/aromatic N) is 2. The van der Waals surface area contributed by atoms with Gasteiger partial charge in [0.05, 0.1) is 0 Å². The summed E-state index contributed by atoms with van der Waals surface area (Å²) in [5.41, 5.74) is 7.39. The Kier molecular flexibility index (Phi) is 9.32. The fourth-order valence-corrected chi connectivity index (χ4v) is 5.05. The van der Waals surface area contributed by atoms with Crippen LogP contribution in [0.1, 0.15) is 35.2 Å². The molecule has 0 bridgehead atoms. The van der Waals surface area contributed by atoms with Crippen molar-refractivity contribution < 1.29 is 0 Å². The predicted octanol–water partition coefficient (Wildman–Crippen LogP) is 3.68. The Labute approximate surface area is 180 Å². The zero-order valence-corrected chi connectivity index (χ0v) is 18.9. The minimum atomic E-state index is 1.05.